The standard InChI is InChI=1S/C34H43F2N3O7S/c1-2-44-31-11-10-26(25-8-6-24(19-37)7-9-25)16-32(31)47(42,43)39-14-12-33(13-15-39)18-28(21-46-33)38-20-29(41)22-45-30-5-3-4-27(17-30)34(35,36)23-40/h3-11,16-17,28-29,38,40-41H,2,12-15,18-23,37H2,1H3/t28-,29-/m0/s1. The number of hydrogen-bond acceptors (Lipinski definition) is 9. The molecule has 1 spiro atoms. The lowest BCUT2D eigenvalue weighted by atomic mass is 9.88. The first kappa shape index (κ1) is 35.1. The molecule has 47 heavy (non-hydrogen) atoms. The number of nitrogens with zero attached hydrogens (tertiary/aromatic N) is 1. The molecular formula is C34H43F2N3O7S. The molecule has 0 saturated carbocycles. The third-order valence-electron chi connectivity index (χ3n) is 8.77. The zero-order valence-electron chi connectivity index (χ0n) is 26.4. The third-order valence-corrected chi connectivity index (χ3v) is 10.7. The van der Waals surface area contributed by atoms with Crippen LogP contribution in [0.5, 0.6) is 11.5 Å². The van der Waals surface area contributed by atoms with Crippen molar-refractivity contribution < 1.29 is 41.6 Å². The SMILES string of the molecule is CCOc1ccc(-c2ccc(CN)cc2)cc1S(=O)(=O)N1CCC2(CC1)C[C@H](NC[C@H](O)COc1cccc(C(F)(F)CO)c1)CO2. The minimum atomic E-state index is -3.87. The van der Waals surface area contributed by atoms with Crippen molar-refractivity contribution in [3.8, 4) is 22.6 Å². The summed E-state index contributed by atoms with van der Waals surface area (Å²) in [6, 6.07) is 18.1. The molecule has 10 nitrogen and oxygen atoms in total. The molecule has 2 heterocycles. The van der Waals surface area contributed by atoms with Crippen LogP contribution in [-0.4, -0.2) is 86.7 Å². The molecule has 0 unspecified atom stereocenters. The van der Waals surface area contributed by atoms with Gasteiger partial charge in [0.25, 0.3) is 5.92 Å². The number of nitrogens with two attached hydrogens (primary N) is 1. The van der Waals surface area contributed by atoms with Crippen LogP contribution in [0.15, 0.2) is 71.6 Å². The van der Waals surface area contributed by atoms with Crippen molar-refractivity contribution in [2.75, 3.05) is 46.1 Å². The highest BCUT2D eigenvalue weighted by Gasteiger charge is 2.45. The van der Waals surface area contributed by atoms with Gasteiger partial charge in [0.15, 0.2) is 0 Å². The molecule has 5 N–H and O–H groups in total. The lowest BCUT2D eigenvalue weighted by Gasteiger charge is -2.38. The Bertz CT molecular complexity index is 1600. The molecule has 0 amide bonds. The van der Waals surface area contributed by atoms with E-state index in [-0.39, 0.29) is 35.4 Å². The summed E-state index contributed by atoms with van der Waals surface area (Å²) in [6.45, 7) is 2.34. The molecule has 2 aliphatic heterocycles. The second-order valence-corrected chi connectivity index (χ2v) is 14.0. The number of nitrogens with one attached hydrogen (secondary N) is 1. The molecule has 2 saturated heterocycles. The first-order chi connectivity index (χ1) is 22.5. The first-order valence-electron chi connectivity index (χ1n) is 15.8. The number of sulfonamides is 1. The molecule has 0 radical (unpaired) electrons. The number of aliphatic hydroxyl groups excluding tert-OH is 2. The van der Waals surface area contributed by atoms with Crippen LogP contribution >= 0.6 is 0 Å². The van der Waals surface area contributed by atoms with Crippen molar-refractivity contribution in [1.29, 1.82) is 0 Å². The van der Waals surface area contributed by atoms with Gasteiger partial charge < -0.3 is 35.5 Å². The van der Waals surface area contributed by atoms with Crippen molar-refractivity contribution in [3.63, 3.8) is 0 Å². The van der Waals surface area contributed by atoms with Gasteiger partial charge in [-0.15, -0.1) is 0 Å². The predicted octanol–water partition coefficient (Wildman–Crippen LogP) is 3.64. The second-order valence-electron chi connectivity index (χ2n) is 12.1. The van der Waals surface area contributed by atoms with E-state index in [1.165, 1.54) is 22.5 Å². The highest BCUT2D eigenvalue weighted by molar-refractivity contribution is 7.89. The van der Waals surface area contributed by atoms with E-state index in [1.54, 1.807) is 12.1 Å². The summed E-state index contributed by atoms with van der Waals surface area (Å²) in [4.78, 5) is 0.132. The van der Waals surface area contributed by atoms with E-state index in [4.69, 9.17) is 25.1 Å². The molecule has 3 aromatic carbocycles. The number of benzene rings is 3. The van der Waals surface area contributed by atoms with Crippen LogP contribution in [-0.2, 0) is 27.2 Å². The van der Waals surface area contributed by atoms with E-state index in [0.717, 1.165) is 22.8 Å². The van der Waals surface area contributed by atoms with Crippen LogP contribution in [0.4, 0.5) is 8.78 Å². The van der Waals surface area contributed by atoms with Gasteiger partial charge in [-0.25, -0.2) is 8.42 Å². The lowest BCUT2D eigenvalue weighted by Crippen LogP contribution is -2.47. The molecule has 5 rings (SSSR count). The fraction of sp³-hybridized carbons (Fsp3) is 0.471. The predicted molar refractivity (Wildman–Crippen MR) is 173 cm³/mol. The van der Waals surface area contributed by atoms with E-state index in [2.05, 4.69) is 5.32 Å². The third kappa shape index (κ3) is 8.29. The topological polar surface area (TPSA) is 144 Å². The summed E-state index contributed by atoms with van der Waals surface area (Å²) in [5.41, 5.74) is 7.52. The van der Waals surface area contributed by atoms with Gasteiger partial charge >= 0.3 is 0 Å². The molecular weight excluding hydrogens is 632 g/mol. The number of alkyl halides is 2. The Labute approximate surface area is 274 Å². The number of piperidine rings is 1. The maximum atomic E-state index is 13.9. The Hall–Kier alpha value is -3.17. The number of hydrogen-bond donors (Lipinski definition) is 4. The molecule has 2 fully saturated rings. The molecule has 2 atom stereocenters. The van der Waals surface area contributed by atoms with Gasteiger partial charge in [0.2, 0.25) is 10.0 Å². The van der Waals surface area contributed by atoms with Crippen molar-refractivity contribution in [2.45, 2.75) is 61.3 Å². The van der Waals surface area contributed by atoms with Crippen molar-refractivity contribution in [1.82, 2.24) is 9.62 Å². The Morgan fingerprint density at radius 3 is 2.49 bits per heavy atom. The summed E-state index contributed by atoms with van der Waals surface area (Å²) in [6.07, 6.45) is 0.796. The summed E-state index contributed by atoms with van der Waals surface area (Å²) < 4.78 is 74.4. The first-order valence-corrected chi connectivity index (χ1v) is 17.3. The van der Waals surface area contributed by atoms with Gasteiger partial charge in [-0.2, -0.15) is 13.1 Å². The summed E-state index contributed by atoms with van der Waals surface area (Å²) in [7, 11) is -3.87. The van der Waals surface area contributed by atoms with Crippen molar-refractivity contribution in [2.24, 2.45) is 5.73 Å². The van der Waals surface area contributed by atoms with Crippen LogP contribution < -0.4 is 20.5 Å². The molecule has 0 aliphatic carbocycles. The zero-order valence-corrected chi connectivity index (χ0v) is 27.2. The highest BCUT2D eigenvalue weighted by atomic mass is 32.2. The van der Waals surface area contributed by atoms with Gasteiger partial charge in [-0.05, 0) is 67.1 Å². The minimum absolute atomic E-state index is 0.0497. The quantitative estimate of drug-likeness (QED) is 0.201. The normalized spacial score (nSPS) is 19.1. The molecule has 256 valence electrons. The largest absolute Gasteiger partial charge is 0.492 e. The summed E-state index contributed by atoms with van der Waals surface area (Å²) in [5, 5.41) is 22.7. The average Bonchev–Trinajstić information content (AvgIpc) is 3.48. The van der Waals surface area contributed by atoms with Crippen LogP contribution in [0, 0.1) is 0 Å². The Balaban J connectivity index is 1.15. The summed E-state index contributed by atoms with van der Waals surface area (Å²) >= 11 is 0. The Morgan fingerprint density at radius 2 is 1.81 bits per heavy atom. The van der Waals surface area contributed by atoms with Crippen LogP contribution in [0.1, 0.15) is 37.3 Å². The summed E-state index contributed by atoms with van der Waals surface area (Å²) in [5.74, 6) is -2.90. The second kappa shape index (κ2) is 14.9. The number of rotatable bonds is 14. The van der Waals surface area contributed by atoms with Gasteiger partial charge in [-0.3, -0.25) is 0 Å². The van der Waals surface area contributed by atoms with Crippen LogP contribution in [0.25, 0.3) is 11.1 Å². The number of halogens is 2. The fourth-order valence-electron chi connectivity index (χ4n) is 6.05. The smallest absolute Gasteiger partial charge is 0.295 e. The molecule has 13 heteroatoms. The van der Waals surface area contributed by atoms with Crippen LogP contribution in [0.2, 0.25) is 0 Å². The van der Waals surface area contributed by atoms with Crippen LogP contribution in [0.3, 0.4) is 0 Å². The molecule has 0 bridgehead atoms. The molecule has 2 aliphatic rings. The molecule has 0 aromatic heterocycles. The highest BCUT2D eigenvalue weighted by Crippen LogP contribution is 2.39. The van der Waals surface area contributed by atoms with E-state index < -0.39 is 34.3 Å². The van der Waals surface area contributed by atoms with Gasteiger partial charge in [0, 0.05) is 37.8 Å². The van der Waals surface area contributed by atoms with Gasteiger partial charge in [-0.1, -0.05) is 42.5 Å². The van der Waals surface area contributed by atoms with E-state index in [0.29, 0.717) is 57.9 Å². The maximum Gasteiger partial charge on any atom is 0.295 e. The minimum Gasteiger partial charge on any atom is -0.492 e. The fourth-order valence-corrected chi connectivity index (χ4v) is 7.65. The lowest BCUT2D eigenvalue weighted by molar-refractivity contribution is -0.0557. The van der Waals surface area contributed by atoms with Gasteiger partial charge in [0.05, 0.1) is 18.8 Å². The van der Waals surface area contributed by atoms with Crippen molar-refractivity contribution >= 4 is 10.0 Å². The maximum absolute atomic E-state index is 13.9. The van der Waals surface area contributed by atoms with Crippen molar-refractivity contribution in [3.05, 3.63) is 77.9 Å². The van der Waals surface area contributed by atoms with E-state index in [1.807, 2.05) is 37.3 Å². The Morgan fingerprint density at radius 1 is 1.09 bits per heavy atom. The number of aliphatic hydroxyl groups is 2. The monoisotopic (exact) mass is 675 g/mol. The van der Waals surface area contributed by atoms with Gasteiger partial charge in [0.1, 0.15) is 35.7 Å². The van der Waals surface area contributed by atoms with E-state index in [9.17, 15) is 22.3 Å². The van der Waals surface area contributed by atoms with E-state index >= 15 is 0 Å². The zero-order chi connectivity index (χ0) is 33.7. The Kier molecular flexibility index (Phi) is 11.2. The number of ether oxygens (including phenoxy) is 3. The average molecular weight is 676 g/mol. The molecule has 3 aromatic rings.